The maximum atomic E-state index is 9.16. The van der Waals surface area contributed by atoms with Crippen molar-refractivity contribution in [3.63, 3.8) is 0 Å². The second-order valence-electron chi connectivity index (χ2n) is 6.01. The Morgan fingerprint density at radius 3 is 2.81 bits per heavy atom. The molecule has 0 radical (unpaired) electrons. The van der Waals surface area contributed by atoms with Gasteiger partial charge >= 0.3 is 0 Å². The smallest absolute Gasteiger partial charge is 0.104 e. The van der Waals surface area contributed by atoms with Crippen LogP contribution in [0.15, 0.2) is 40.4 Å². The number of nitrogens with one attached hydrogen (secondary N) is 2. The van der Waals surface area contributed by atoms with Crippen molar-refractivity contribution in [3.8, 4) is 11.3 Å². The summed E-state index contributed by atoms with van der Waals surface area (Å²) in [4.78, 5) is 6.55. The van der Waals surface area contributed by atoms with Crippen molar-refractivity contribution in [1.29, 1.82) is 0 Å². The highest BCUT2D eigenvalue weighted by molar-refractivity contribution is 8.00. The number of fused-ring (bicyclic) bond motifs is 2. The zero-order chi connectivity index (χ0) is 17.9. The van der Waals surface area contributed by atoms with Crippen LogP contribution >= 0.6 is 11.8 Å². The van der Waals surface area contributed by atoms with Crippen molar-refractivity contribution in [2.45, 2.75) is 16.3 Å². The predicted octanol–water partition coefficient (Wildman–Crippen LogP) is 1.55. The molecule has 136 valence electrons. The Morgan fingerprint density at radius 2 is 1.96 bits per heavy atom. The average Bonchev–Trinajstić information content (AvgIpc) is 3.05. The van der Waals surface area contributed by atoms with Crippen molar-refractivity contribution in [2.24, 2.45) is 0 Å². The SMILES string of the molecule is OCCNCCn1nc2c3c(c(NCCO)ccc31)Sc1ccncc1-2. The first kappa shape index (κ1) is 17.3. The molecule has 1 aliphatic rings. The Morgan fingerprint density at radius 1 is 1.08 bits per heavy atom. The Kier molecular flexibility index (Phi) is 5.07. The van der Waals surface area contributed by atoms with Gasteiger partial charge in [-0.1, -0.05) is 11.8 Å². The van der Waals surface area contributed by atoms with Gasteiger partial charge in [0.25, 0.3) is 0 Å². The van der Waals surface area contributed by atoms with E-state index in [1.807, 2.05) is 16.9 Å². The minimum absolute atomic E-state index is 0.0886. The normalized spacial score (nSPS) is 12.4. The number of hydrogen-bond donors (Lipinski definition) is 4. The van der Waals surface area contributed by atoms with Crippen molar-refractivity contribution >= 4 is 28.4 Å². The van der Waals surface area contributed by atoms with Gasteiger partial charge < -0.3 is 20.8 Å². The molecule has 0 spiro atoms. The lowest BCUT2D eigenvalue weighted by Gasteiger charge is -2.18. The van der Waals surface area contributed by atoms with E-state index in [-0.39, 0.29) is 13.2 Å². The molecule has 3 heterocycles. The molecule has 0 unspecified atom stereocenters. The van der Waals surface area contributed by atoms with E-state index in [1.165, 1.54) is 0 Å². The molecule has 3 aromatic rings. The molecule has 0 saturated heterocycles. The van der Waals surface area contributed by atoms with E-state index in [9.17, 15) is 0 Å². The monoisotopic (exact) mass is 371 g/mol. The molecule has 0 saturated carbocycles. The summed E-state index contributed by atoms with van der Waals surface area (Å²) in [5.41, 5.74) is 4.10. The molecule has 4 N–H and O–H groups in total. The number of pyridine rings is 1. The molecule has 1 aliphatic heterocycles. The quantitative estimate of drug-likeness (QED) is 0.349. The van der Waals surface area contributed by atoms with Gasteiger partial charge in [-0.25, -0.2) is 0 Å². The van der Waals surface area contributed by atoms with Crippen LogP contribution in [-0.4, -0.2) is 57.8 Å². The molecule has 0 atom stereocenters. The van der Waals surface area contributed by atoms with E-state index < -0.39 is 0 Å². The van der Waals surface area contributed by atoms with Crippen LogP contribution in [0.1, 0.15) is 0 Å². The summed E-state index contributed by atoms with van der Waals surface area (Å²) >= 11 is 1.71. The Labute approximate surface area is 155 Å². The number of aromatic nitrogens is 3. The lowest BCUT2D eigenvalue weighted by molar-refractivity contribution is 0.291. The molecular formula is C18H21N5O2S. The number of hydrogen-bond acceptors (Lipinski definition) is 7. The number of anilines is 1. The van der Waals surface area contributed by atoms with Crippen LogP contribution in [0.2, 0.25) is 0 Å². The van der Waals surface area contributed by atoms with E-state index in [0.717, 1.165) is 50.7 Å². The summed E-state index contributed by atoms with van der Waals surface area (Å²) in [6.45, 7) is 2.77. The van der Waals surface area contributed by atoms with Gasteiger partial charge in [-0.15, -0.1) is 0 Å². The summed E-state index contributed by atoms with van der Waals surface area (Å²) in [7, 11) is 0. The topological polar surface area (TPSA) is 95.2 Å². The molecule has 0 fully saturated rings. The number of rotatable bonds is 8. The van der Waals surface area contributed by atoms with Gasteiger partial charge in [-0.2, -0.15) is 5.10 Å². The first-order chi connectivity index (χ1) is 12.8. The third-order valence-electron chi connectivity index (χ3n) is 4.34. The van der Waals surface area contributed by atoms with Crippen molar-refractivity contribution in [1.82, 2.24) is 20.1 Å². The zero-order valence-corrected chi connectivity index (χ0v) is 15.1. The van der Waals surface area contributed by atoms with Crippen LogP contribution in [0, 0.1) is 0 Å². The highest BCUT2D eigenvalue weighted by Crippen LogP contribution is 2.49. The van der Waals surface area contributed by atoms with Crippen LogP contribution in [0.4, 0.5) is 5.69 Å². The molecule has 0 bridgehead atoms. The maximum absolute atomic E-state index is 9.16. The first-order valence-corrected chi connectivity index (χ1v) is 9.47. The summed E-state index contributed by atoms with van der Waals surface area (Å²) < 4.78 is 2.01. The van der Waals surface area contributed by atoms with Gasteiger partial charge in [0.1, 0.15) is 5.69 Å². The summed E-state index contributed by atoms with van der Waals surface area (Å²) in [6, 6.07) is 6.14. The molecule has 0 amide bonds. The lowest BCUT2D eigenvalue weighted by atomic mass is 10.1. The van der Waals surface area contributed by atoms with E-state index in [0.29, 0.717) is 13.1 Å². The van der Waals surface area contributed by atoms with E-state index >= 15 is 0 Å². The summed E-state index contributed by atoms with van der Waals surface area (Å²) in [6.07, 6.45) is 3.67. The molecular weight excluding hydrogens is 350 g/mol. The number of aliphatic hydroxyl groups excluding tert-OH is 2. The molecule has 2 aromatic heterocycles. The van der Waals surface area contributed by atoms with Crippen LogP contribution in [0.25, 0.3) is 22.2 Å². The van der Waals surface area contributed by atoms with Crippen LogP contribution in [-0.2, 0) is 6.54 Å². The number of nitrogens with zero attached hydrogens (tertiary/aromatic N) is 3. The Bertz CT molecular complexity index is 927. The highest BCUT2D eigenvalue weighted by Gasteiger charge is 2.26. The average molecular weight is 371 g/mol. The van der Waals surface area contributed by atoms with Gasteiger partial charge in [0.15, 0.2) is 0 Å². The molecule has 0 aliphatic carbocycles. The zero-order valence-electron chi connectivity index (χ0n) is 14.3. The minimum atomic E-state index is 0.0886. The second kappa shape index (κ2) is 7.63. The molecule has 26 heavy (non-hydrogen) atoms. The van der Waals surface area contributed by atoms with Gasteiger partial charge in [-0.05, 0) is 18.2 Å². The highest BCUT2D eigenvalue weighted by atomic mass is 32.2. The van der Waals surface area contributed by atoms with Crippen molar-refractivity contribution in [3.05, 3.63) is 30.6 Å². The van der Waals surface area contributed by atoms with Gasteiger partial charge in [0.05, 0.1) is 25.3 Å². The predicted molar refractivity (Wildman–Crippen MR) is 103 cm³/mol. The summed E-state index contributed by atoms with van der Waals surface area (Å²) in [5.74, 6) is 0. The standard InChI is InChI=1S/C18H21N5O2S/c24-9-6-19-5-8-23-14-2-1-13(21-7-10-25)18-16(14)17(22-23)12-11-20-4-3-15(12)26-18/h1-4,11,19,21,24-25H,5-10H2. The lowest BCUT2D eigenvalue weighted by Crippen LogP contribution is -2.23. The van der Waals surface area contributed by atoms with Gasteiger partial charge in [0.2, 0.25) is 0 Å². The fraction of sp³-hybridized carbons (Fsp3) is 0.333. The van der Waals surface area contributed by atoms with E-state index in [2.05, 4.69) is 27.8 Å². The third kappa shape index (κ3) is 3.05. The largest absolute Gasteiger partial charge is 0.395 e. The van der Waals surface area contributed by atoms with Crippen LogP contribution < -0.4 is 10.6 Å². The van der Waals surface area contributed by atoms with Crippen molar-refractivity contribution < 1.29 is 10.2 Å². The number of aliphatic hydroxyl groups is 2. The Hall–Kier alpha value is -2.13. The molecule has 8 heteroatoms. The molecule has 7 nitrogen and oxygen atoms in total. The first-order valence-electron chi connectivity index (χ1n) is 8.65. The third-order valence-corrected chi connectivity index (χ3v) is 5.54. The Balaban J connectivity index is 1.80. The van der Waals surface area contributed by atoms with Crippen LogP contribution in [0.5, 0.6) is 0 Å². The van der Waals surface area contributed by atoms with Crippen LogP contribution in [0.3, 0.4) is 0 Å². The fourth-order valence-electron chi connectivity index (χ4n) is 3.18. The van der Waals surface area contributed by atoms with E-state index in [4.69, 9.17) is 15.3 Å². The fourth-order valence-corrected chi connectivity index (χ4v) is 4.34. The second-order valence-corrected chi connectivity index (χ2v) is 7.06. The number of benzene rings is 1. The summed E-state index contributed by atoms with van der Waals surface area (Å²) in [5, 5.41) is 30.6. The maximum Gasteiger partial charge on any atom is 0.104 e. The van der Waals surface area contributed by atoms with Crippen molar-refractivity contribution in [2.75, 3.05) is 38.2 Å². The minimum Gasteiger partial charge on any atom is -0.395 e. The molecule has 4 rings (SSSR count). The van der Waals surface area contributed by atoms with Gasteiger partial charge in [-0.3, -0.25) is 9.67 Å². The van der Waals surface area contributed by atoms with Gasteiger partial charge in [0, 0.05) is 58.5 Å². The van der Waals surface area contributed by atoms with E-state index in [1.54, 1.807) is 18.0 Å². The molecule has 1 aromatic carbocycles.